The summed E-state index contributed by atoms with van der Waals surface area (Å²) in [5, 5.41) is 4.66. The van der Waals surface area contributed by atoms with E-state index in [1.165, 1.54) is 21.9 Å². The summed E-state index contributed by atoms with van der Waals surface area (Å²) in [6.07, 6.45) is 1.98. The number of fused-ring (bicyclic) bond motifs is 1. The number of ether oxygens (including phenoxy) is 2. The predicted octanol–water partition coefficient (Wildman–Crippen LogP) is 3.41. The average molecular weight is 436 g/mol. The largest absolute Gasteiger partial charge is 0.497 e. The van der Waals surface area contributed by atoms with Crippen molar-refractivity contribution < 1.29 is 14.3 Å². The molecule has 31 heavy (non-hydrogen) atoms. The van der Waals surface area contributed by atoms with Crippen LogP contribution in [0.1, 0.15) is 15.9 Å². The highest BCUT2D eigenvalue weighted by Gasteiger charge is 2.17. The van der Waals surface area contributed by atoms with E-state index in [4.69, 9.17) is 9.47 Å². The van der Waals surface area contributed by atoms with Crippen molar-refractivity contribution in [3.05, 3.63) is 81.6 Å². The number of nitrogens with zero attached hydrogens (tertiary/aromatic N) is 2. The number of hydrogen-bond acceptors (Lipinski definition) is 6. The Bertz CT molecular complexity index is 1280. The molecule has 0 radical (unpaired) electrons. The Labute approximate surface area is 182 Å². The van der Waals surface area contributed by atoms with E-state index in [2.05, 4.69) is 10.3 Å². The lowest BCUT2D eigenvalue weighted by Gasteiger charge is -2.07. The molecule has 0 saturated heterocycles. The minimum Gasteiger partial charge on any atom is -0.497 e. The van der Waals surface area contributed by atoms with Gasteiger partial charge in [-0.05, 0) is 36.2 Å². The van der Waals surface area contributed by atoms with E-state index in [0.717, 1.165) is 16.9 Å². The molecule has 158 valence electrons. The van der Waals surface area contributed by atoms with Gasteiger partial charge >= 0.3 is 0 Å². The Morgan fingerprint density at radius 1 is 1.10 bits per heavy atom. The summed E-state index contributed by atoms with van der Waals surface area (Å²) in [6.45, 7) is 0.402. The third-order valence-electron chi connectivity index (χ3n) is 4.91. The number of carbonyl (C=O) groups excluding carboxylic acids is 1. The zero-order chi connectivity index (χ0) is 21.8. The van der Waals surface area contributed by atoms with Crippen molar-refractivity contribution in [1.29, 1.82) is 0 Å². The zero-order valence-electron chi connectivity index (χ0n) is 17.1. The van der Waals surface area contributed by atoms with Gasteiger partial charge in [0, 0.05) is 23.7 Å². The number of hydrogen-bond donors (Lipinski definition) is 1. The molecular formula is C23H21N3O4S. The summed E-state index contributed by atoms with van der Waals surface area (Å²) in [6, 6.07) is 15.1. The number of amides is 1. The van der Waals surface area contributed by atoms with Crippen LogP contribution < -0.4 is 20.3 Å². The zero-order valence-corrected chi connectivity index (χ0v) is 17.9. The van der Waals surface area contributed by atoms with Crippen molar-refractivity contribution in [2.24, 2.45) is 0 Å². The lowest BCUT2D eigenvalue weighted by Crippen LogP contribution is -2.32. The highest BCUT2D eigenvalue weighted by Crippen LogP contribution is 2.26. The van der Waals surface area contributed by atoms with Gasteiger partial charge < -0.3 is 14.8 Å². The molecule has 2 heterocycles. The molecule has 0 aliphatic heterocycles. The monoisotopic (exact) mass is 435 g/mol. The van der Waals surface area contributed by atoms with E-state index < -0.39 is 11.5 Å². The third-order valence-corrected chi connectivity index (χ3v) is 5.75. The molecule has 0 unspecified atom stereocenters. The molecule has 0 atom stereocenters. The van der Waals surface area contributed by atoms with Crippen molar-refractivity contribution in [3.8, 4) is 22.8 Å². The molecule has 8 heteroatoms. The first-order chi connectivity index (χ1) is 15.1. The average Bonchev–Trinajstić information content (AvgIpc) is 3.25. The molecular weight excluding hydrogens is 414 g/mol. The molecule has 2 aromatic heterocycles. The summed E-state index contributed by atoms with van der Waals surface area (Å²) in [4.78, 5) is 30.6. The molecule has 1 N–H and O–H groups in total. The maximum atomic E-state index is 13.1. The van der Waals surface area contributed by atoms with E-state index >= 15 is 0 Å². The van der Waals surface area contributed by atoms with Crippen molar-refractivity contribution in [2.45, 2.75) is 6.42 Å². The topological polar surface area (TPSA) is 81.9 Å². The number of benzene rings is 2. The summed E-state index contributed by atoms with van der Waals surface area (Å²) < 4.78 is 11.9. The van der Waals surface area contributed by atoms with Crippen molar-refractivity contribution in [2.75, 3.05) is 20.8 Å². The molecule has 0 aliphatic carbocycles. The SMILES string of the molecule is COc1ccc(CCNC(=O)c2cnc3scc(-c4cccc(OC)c4)n3c2=O)cc1. The van der Waals surface area contributed by atoms with Gasteiger partial charge in [-0.25, -0.2) is 4.98 Å². The van der Waals surface area contributed by atoms with Crippen LogP contribution in [0, 0.1) is 0 Å². The molecule has 0 bridgehead atoms. The van der Waals surface area contributed by atoms with Gasteiger partial charge in [-0.3, -0.25) is 14.0 Å². The van der Waals surface area contributed by atoms with Crippen molar-refractivity contribution in [1.82, 2.24) is 14.7 Å². The van der Waals surface area contributed by atoms with Gasteiger partial charge in [-0.15, -0.1) is 11.3 Å². The second-order valence-corrected chi connectivity index (χ2v) is 7.64. The maximum absolute atomic E-state index is 13.1. The van der Waals surface area contributed by atoms with Crippen LogP contribution >= 0.6 is 11.3 Å². The van der Waals surface area contributed by atoms with Gasteiger partial charge in [0.1, 0.15) is 17.1 Å². The van der Waals surface area contributed by atoms with Gasteiger partial charge in [0.2, 0.25) is 0 Å². The highest BCUT2D eigenvalue weighted by molar-refractivity contribution is 7.15. The summed E-state index contributed by atoms with van der Waals surface area (Å²) in [7, 11) is 3.21. The van der Waals surface area contributed by atoms with Crippen molar-refractivity contribution in [3.63, 3.8) is 0 Å². The number of thiazole rings is 1. The molecule has 4 aromatic rings. The van der Waals surface area contributed by atoms with Crippen LogP contribution in [0.2, 0.25) is 0 Å². The number of rotatable bonds is 7. The van der Waals surface area contributed by atoms with Crippen LogP contribution in [0.5, 0.6) is 11.5 Å². The van der Waals surface area contributed by atoms with E-state index in [1.54, 1.807) is 14.2 Å². The molecule has 0 aliphatic rings. The van der Waals surface area contributed by atoms with Gasteiger partial charge in [0.05, 0.1) is 19.9 Å². The lowest BCUT2D eigenvalue weighted by molar-refractivity contribution is 0.0952. The second-order valence-electron chi connectivity index (χ2n) is 6.80. The summed E-state index contributed by atoms with van der Waals surface area (Å²) in [5.41, 5.74) is 2.15. The highest BCUT2D eigenvalue weighted by atomic mass is 32.1. The van der Waals surface area contributed by atoms with Crippen LogP contribution in [0.4, 0.5) is 0 Å². The van der Waals surface area contributed by atoms with Crippen molar-refractivity contribution >= 4 is 22.2 Å². The van der Waals surface area contributed by atoms with E-state index in [-0.39, 0.29) is 5.56 Å². The first-order valence-electron chi connectivity index (χ1n) is 9.65. The van der Waals surface area contributed by atoms with Gasteiger partial charge in [0.15, 0.2) is 4.96 Å². The van der Waals surface area contributed by atoms with Crippen LogP contribution in [-0.4, -0.2) is 36.1 Å². The number of carbonyl (C=O) groups is 1. The first kappa shape index (κ1) is 20.6. The third kappa shape index (κ3) is 4.29. The Morgan fingerprint density at radius 2 is 1.87 bits per heavy atom. The smallest absolute Gasteiger partial charge is 0.271 e. The predicted molar refractivity (Wildman–Crippen MR) is 120 cm³/mol. The summed E-state index contributed by atoms with van der Waals surface area (Å²) in [5.74, 6) is 1.02. The minimum absolute atomic E-state index is 0.00905. The quantitative estimate of drug-likeness (QED) is 0.481. The van der Waals surface area contributed by atoms with Gasteiger partial charge in [0.25, 0.3) is 11.5 Å². The Kier molecular flexibility index (Phi) is 5.99. The van der Waals surface area contributed by atoms with E-state index in [0.29, 0.717) is 29.4 Å². The fourth-order valence-corrected chi connectivity index (χ4v) is 4.10. The molecule has 0 spiro atoms. The summed E-state index contributed by atoms with van der Waals surface area (Å²) >= 11 is 1.34. The Balaban J connectivity index is 1.55. The lowest BCUT2D eigenvalue weighted by atomic mass is 10.1. The minimum atomic E-state index is -0.441. The molecule has 7 nitrogen and oxygen atoms in total. The van der Waals surface area contributed by atoms with Crippen LogP contribution in [0.25, 0.3) is 16.2 Å². The standard InChI is InChI=1S/C23H21N3O4S/c1-29-17-8-6-15(7-9-17)10-11-24-21(27)19-13-25-23-26(22(19)28)20(14-31-23)16-4-3-5-18(12-16)30-2/h3-9,12-14H,10-11H2,1-2H3,(H,24,27). The van der Waals surface area contributed by atoms with Crippen LogP contribution in [0.3, 0.4) is 0 Å². The Hall–Kier alpha value is -3.65. The van der Waals surface area contributed by atoms with Crippen LogP contribution in [-0.2, 0) is 6.42 Å². The first-order valence-corrected chi connectivity index (χ1v) is 10.5. The number of aromatic nitrogens is 2. The van der Waals surface area contributed by atoms with E-state index in [9.17, 15) is 9.59 Å². The number of nitrogens with one attached hydrogen (secondary N) is 1. The fraction of sp³-hybridized carbons (Fsp3) is 0.174. The molecule has 1 amide bonds. The normalized spacial score (nSPS) is 10.8. The van der Waals surface area contributed by atoms with Gasteiger partial charge in [-0.1, -0.05) is 24.3 Å². The molecule has 0 saturated carbocycles. The molecule has 4 rings (SSSR count). The molecule has 2 aromatic carbocycles. The Morgan fingerprint density at radius 3 is 2.61 bits per heavy atom. The van der Waals surface area contributed by atoms with E-state index in [1.807, 2.05) is 53.9 Å². The van der Waals surface area contributed by atoms with Gasteiger partial charge in [-0.2, -0.15) is 0 Å². The fourth-order valence-electron chi connectivity index (χ4n) is 3.24. The van der Waals surface area contributed by atoms with Crippen LogP contribution in [0.15, 0.2) is 64.9 Å². The second kappa shape index (κ2) is 9.01. The maximum Gasteiger partial charge on any atom is 0.271 e. The number of methoxy groups -OCH3 is 2. The molecule has 0 fully saturated rings.